The molecular weight excluding hydrogens is 282 g/mol. The van der Waals surface area contributed by atoms with Gasteiger partial charge < -0.3 is 0 Å². The lowest BCUT2D eigenvalue weighted by Crippen LogP contribution is -2.18. The molecule has 2 rings (SSSR count). The molecule has 0 spiro atoms. The van der Waals surface area contributed by atoms with E-state index in [2.05, 4.69) is 10.2 Å². The SMILES string of the molecule is CC(C)(N=NC(C)(C)c1ccc(F)cc1)c1ccc(F)cc1. The lowest BCUT2D eigenvalue weighted by Gasteiger charge is -2.24. The second kappa shape index (κ2) is 5.95. The van der Waals surface area contributed by atoms with Crippen LogP contribution in [0.15, 0.2) is 58.8 Å². The fourth-order valence-corrected chi connectivity index (χ4v) is 2.08. The molecule has 116 valence electrons. The minimum absolute atomic E-state index is 0.275. The lowest BCUT2D eigenvalue weighted by molar-refractivity contribution is 0.438. The van der Waals surface area contributed by atoms with Gasteiger partial charge in [0.15, 0.2) is 0 Å². The van der Waals surface area contributed by atoms with Crippen LogP contribution < -0.4 is 0 Å². The van der Waals surface area contributed by atoms with Gasteiger partial charge >= 0.3 is 0 Å². The maximum absolute atomic E-state index is 13.0. The Bertz CT molecular complexity index is 597. The first kappa shape index (κ1) is 16.3. The van der Waals surface area contributed by atoms with Crippen molar-refractivity contribution in [3.8, 4) is 0 Å². The molecule has 2 aromatic rings. The molecule has 0 aliphatic carbocycles. The summed E-state index contributed by atoms with van der Waals surface area (Å²) in [5.41, 5.74) is 0.635. The monoisotopic (exact) mass is 302 g/mol. The molecule has 0 heterocycles. The molecule has 0 fully saturated rings. The molecule has 0 saturated heterocycles. The first-order valence-corrected chi connectivity index (χ1v) is 7.17. The van der Waals surface area contributed by atoms with Crippen molar-refractivity contribution in [2.45, 2.75) is 38.8 Å². The number of rotatable bonds is 4. The van der Waals surface area contributed by atoms with Gasteiger partial charge in [0.2, 0.25) is 0 Å². The van der Waals surface area contributed by atoms with Gasteiger partial charge in [-0.05, 0) is 63.1 Å². The second-order valence-corrected chi connectivity index (χ2v) is 6.33. The maximum atomic E-state index is 13.0. The van der Waals surface area contributed by atoms with Crippen LogP contribution in [0.4, 0.5) is 8.78 Å². The topological polar surface area (TPSA) is 24.7 Å². The normalized spacial score (nSPS) is 12.8. The molecule has 0 bridgehead atoms. The van der Waals surface area contributed by atoms with E-state index in [1.54, 1.807) is 24.3 Å². The molecule has 4 heteroatoms. The zero-order valence-corrected chi connectivity index (χ0v) is 13.3. The van der Waals surface area contributed by atoms with Gasteiger partial charge in [-0.1, -0.05) is 24.3 Å². The summed E-state index contributed by atoms with van der Waals surface area (Å²) in [6, 6.07) is 12.5. The van der Waals surface area contributed by atoms with Crippen LogP contribution in [-0.2, 0) is 11.1 Å². The number of azo groups is 1. The average molecular weight is 302 g/mol. The quantitative estimate of drug-likeness (QED) is 0.658. The smallest absolute Gasteiger partial charge is 0.123 e. The van der Waals surface area contributed by atoms with Gasteiger partial charge in [-0.25, -0.2) is 8.78 Å². The Labute approximate surface area is 129 Å². The van der Waals surface area contributed by atoms with Crippen LogP contribution in [0, 0.1) is 11.6 Å². The summed E-state index contributed by atoms with van der Waals surface area (Å²) < 4.78 is 26.0. The highest BCUT2D eigenvalue weighted by Crippen LogP contribution is 2.30. The van der Waals surface area contributed by atoms with Gasteiger partial charge in [-0.3, -0.25) is 0 Å². The highest BCUT2D eigenvalue weighted by atomic mass is 19.1. The Morgan fingerprint density at radius 1 is 0.591 bits per heavy atom. The fraction of sp³-hybridized carbons (Fsp3) is 0.333. The van der Waals surface area contributed by atoms with Crippen LogP contribution in [0.3, 0.4) is 0 Å². The van der Waals surface area contributed by atoms with Gasteiger partial charge in [0.25, 0.3) is 0 Å². The molecule has 0 aliphatic heterocycles. The van der Waals surface area contributed by atoms with Crippen LogP contribution in [0.5, 0.6) is 0 Å². The predicted molar refractivity (Wildman–Crippen MR) is 83.7 cm³/mol. The molecular formula is C18H20F2N2. The van der Waals surface area contributed by atoms with Crippen LogP contribution in [0.1, 0.15) is 38.8 Å². The first-order valence-electron chi connectivity index (χ1n) is 7.17. The molecule has 0 saturated carbocycles. The first-order chi connectivity index (χ1) is 10.2. The summed E-state index contributed by atoms with van der Waals surface area (Å²) in [7, 11) is 0. The number of benzene rings is 2. The minimum atomic E-state index is -0.564. The predicted octanol–water partition coefficient (Wildman–Crippen LogP) is 5.59. The zero-order valence-electron chi connectivity index (χ0n) is 13.3. The molecule has 0 amide bonds. The largest absolute Gasteiger partial charge is 0.207 e. The van der Waals surface area contributed by atoms with Crippen molar-refractivity contribution in [1.82, 2.24) is 0 Å². The van der Waals surface area contributed by atoms with Crippen LogP contribution in [0.2, 0.25) is 0 Å². The molecule has 0 aliphatic rings. The van der Waals surface area contributed by atoms with E-state index in [-0.39, 0.29) is 11.6 Å². The van der Waals surface area contributed by atoms with E-state index < -0.39 is 11.1 Å². The van der Waals surface area contributed by atoms with Gasteiger partial charge in [-0.2, -0.15) is 10.2 Å². The van der Waals surface area contributed by atoms with E-state index in [4.69, 9.17) is 0 Å². The third kappa shape index (κ3) is 3.75. The van der Waals surface area contributed by atoms with Crippen LogP contribution in [0.25, 0.3) is 0 Å². The Balaban J connectivity index is 2.25. The number of nitrogens with zero attached hydrogens (tertiary/aromatic N) is 2. The fourth-order valence-electron chi connectivity index (χ4n) is 2.08. The molecule has 0 unspecified atom stereocenters. The molecule has 0 atom stereocenters. The Morgan fingerprint density at radius 3 is 1.14 bits per heavy atom. The second-order valence-electron chi connectivity index (χ2n) is 6.33. The zero-order chi connectivity index (χ0) is 16.4. The standard InChI is InChI=1S/C18H20F2N2/c1-17(2,13-5-9-15(19)10-6-13)21-22-18(3,4)14-7-11-16(20)12-8-14/h5-12H,1-4H3. The molecule has 2 nitrogen and oxygen atoms in total. The molecule has 0 radical (unpaired) electrons. The van der Waals surface area contributed by atoms with Crippen LogP contribution >= 0.6 is 0 Å². The van der Waals surface area contributed by atoms with E-state index in [0.717, 1.165) is 11.1 Å². The van der Waals surface area contributed by atoms with Crippen molar-refractivity contribution < 1.29 is 8.78 Å². The van der Waals surface area contributed by atoms with E-state index in [9.17, 15) is 8.78 Å². The van der Waals surface area contributed by atoms with E-state index in [1.165, 1.54) is 24.3 Å². The summed E-state index contributed by atoms with van der Waals surface area (Å²) in [6.07, 6.45) is 0. The van der Waals surface area contributed by atoms with Gasteiger partial charge in [0.05, 0.1) is 0 Å². The van der Waals surface area contributed by atoms with Gasteiger partial charge in [0.1, 0.15) is 22.7 Å². The molecule has 0 N–H and O–H groups in total. The Hall–Kier alpha value is -2.10. The van der Waals surface area contributed by atoms with Crippen molar-refractivity contribution in [3.05, 3.63) is 71.3 Å². The third-order valence-corrected chi connectivity index (χ3v) is 3.65. The summed E-state index contributed by atoms with van der Waals surface area (Å²) >= 11 is 0. The molecule has 2 aromatic carbocycles. The van der Waals surface area contributed by atoms with E-state index >= 15 is 0 Å². The van der Waals surface area contributed by atoms with Gasteiger partial charge in [0, 0.05) is 0 Å². The molecule has 22 heavy (non-hydrogen) atoms. The van der Waals surface area contributed by atoms with E-state index in [1.807, 2.05) is 27.7 Å². The van der Waals surface area contributed by atoms with Crippen molar-refractivity contribution in [1.29, 1.82) is 0 Å². The summed E-state index contributed by atoms with van der Waals surface area (Å²) in [4.78, 5) is 0. The highest BCUT2D eigenvalue weighted by molar-refractivity contribution is 5.25. The van der Waals surface area contributed by atoms with Crippen molar-refractivity contribution in [3.63, 3.8) is 0 Å². The average Bonchev–Trinajstić information content (AvgIpc) is 2.46. The van der Waals surface area contributed by atoms with Crippen molar-refractivity contribution >= 4 is 0 Å². The maximum Gasteiger partial charge on any atom is 0.123 e. The lowest BCUT2D eigenvalue weighted by atomic mass is 9.94. The Kier molecular flexibility index (Phi) is 4.40. The minimum Gasteiger partial charge on any atom is -0.207 e. The number of halogens is 2. The number of hydrogen-bond donors (Lipinski definition) is 0. The van der Waals surface area contributed by atoms with Crippen LogP contribution in [-0.4, -0.2) is 0 Å². The van der Waals surface area contributed by atoms with Crippen molar-refractivity contribution in [2.24, 2.45) is 10.2 Å². The summed E-state index contributed by atoms with van der Waals surface area (Å²) in [6.45, 7) is 7.68. The van der Waals surface area contributed by atoms with Gasteiger partial charge in [-0.15, -0.1) is 0 Å². The molecule has 0 aromatic heterocycles. The van der Waals surface area contributed by atoms with Crippen molar-refractivity contribution in [2.75, 3.05) is 0 Å². The summed E-state index contributed by atoms with van der Waals surface area (Å²) in [5.74, 6) is -0.550. The summed E-state index contributed by atoms with van der Waals surface area (Å²) in [5, 5.41) is 8.87. The third-order valence-electron chi connectivity index (χ3n) is 3.65. The Morgan fingerprint density at radius 2 is 0.864 bits per heavy atom. The number of hydrogen-bond acceptors (Lipinski definition) is 2. The van der Waals surface area contributed by atoms with E-state index in [0.29, 0.717) is 0 Å². The highest BCUT2D eigenvalue weighted by Gasteiger charge is 2.24.